The second-order valence-corrected chi connectivity index (χ2v) is 8.41. The first-order valence-electron chi connectivity index (χ1n) is 11.5. The molecule has 0 aliphatic carbocycles. The van der Waals surface area contributed by atoms with Crippen molar-refractivity contribution in [2.45, 2.75) is 32.7 Å². The van der Waals surface area contributed by atoms with Crippen molar-refractivity contribution in [2.75, 3.05) is 19.9 Å². The summed E-state index contributed by atoms with van der Waals surface area (Å²) >= 11 is 0. The molecule has 0 bridgehead atoms. The van der Waals surface area contributed by atoms with Gasteiger partial charge in [0.05, 0.1) is 0 Å². The summed E-state index contributed by atoms with van der Waals surface area (Å²) < 4.78 is 15.9. The van der Waals surface area contributed by atoms with Crippen LogP contribution in [0.25, 0.3) is 11.4 Å². The van der Waals surface area contributed by atoms with E-state index in [1.807, 2.05) is 37.3 Å². The molecule has 1 N–H and O–H groups in total. The Morgan fingerprint density at radius 2 is 1.82 bits per heavy atom. The number of aromatic nitrogens is 2. The van der Waals surface area contributed by atoms with Crippen molar-refractivity contribution in [1.29, 1.82) is 0 Å². The lowest BCUT2D eigenvalue weighted by Gasteiger charge is -2.31. The topological polar surface area (TPSA) is 107 Å². The first kappa shape index (κ1) is 21.9. The number of rotatable bonds is 6. The number of hydrogen-bond acceptors (Lipinski definition) is 7. The maximum Gasteiger partial charge on any atom is 0.253 e. The fourth-order valence-electron chi connectivity index (χ4n) is 4.19. The summed E-state index contributed by atoms with van der Waals surface area (Å²) in [7, 11) is 0. The van der Waals surface area contributed by atoms with E-state index in [4.69, 9.17) is 14.0 Å². The van der Waals surface area contributed by atoms with Crippen LogP contribution in [-0.4, -0.2) is 46.7 Å². The maximum atomic E-state index is 12.9. The number of amides is 2. The van der Waals surface area contributed by atoms with Crippen LogP contribution in [0.2, 0.25) is 0 Å². The summed E-state index contributed by atoms with van der Waals surface area (Å²) in [5, 5.41) is 6.97. The van der Waals surface area contributed by atoms with Gasteiger partial charge in [0.1, 0.15) is 0 Å². The molecule has 0 spiro atoms. The molecule has 2 aromatic carbocycles. The highest BCUT2D eigenvalue weighted by atomic mass is 16.7. The van der Waals surface area contributed by atoms with Crippen LogP contribution in [-0.2, 0) is 17.8 Å². The Morgan fingerprint density at radius 1 is 1.06 bits per heavy atom. The highest BCUT2D eigenvalue weighted by Crippen LogP contribution is 2.32. The summed E-state index contributed by atoms with van der Waals surface area (Å²) in [6.45, 7) is 3.71. The monoisotopic (exact) mass is 462 g/mol. The molecule has 0 saturated carbocycles. The van der Waals surface area contributed by atoms with Gasteiger partial charge in [-0.05, 0) is 42.7 Å². The molecule has 0 unspecified atom stereocenters. The molecule has 34 heavy (non-hydrogen) atoms. The predicted octanol–water partition coefficient (Wildman–Crippen LogP) is 3.20. The van der Waals surface area contributed by atoms with Gasteiger partial charge in [0.25, 0.3) is 5.91 Å². The molecule has 5 rings (SSSR count). The number of carbonyl (C=O) groups is 2. The molecule has 1 aromatic heterocycles. The Morgan fingerprint density at radius 3 is 2.56 bits per heavy atom. The normalized spacial score (nSPS) is 15.4. The van der Waals surface area contributed by atoms with Crippen LogP contribution in [0.15, 0.2) is 47.0 Å². The summed E-state index contributed by atoms with van der Waals surface area (Å²) in [6, 6.07) is 12.9. The molecule has 3 heterocycles. The highest BCUT2D eigenvalue weighted by Gasteiger charge is 2.28. The van der Waals surface area contributed by atoms with Crippen LogP contribution in [0.1, 0.15) is 41.6 Å². The SMILES string of the molecule is CCc1nc(-c2ccc(C(=O)N3CCC(C(=O)NCc4ccc5c(c4)OCO5)CC3)cc2)no1. The zero-order valence-electron chi connectivity index (χ0n) is 19.0. The predicted molar refractivity (Wildman–Crippen MR) is 122 cm³/mol. The average Bonchev–Trinajstić information content (AvgIpc) is 3.56. The number of piperidine rings is 1. The zero-order valence-corrected chi connectivity index (χ0v) is 19.0. The molecule has 0 atom stereocenters. The third-order valence-electron chi connectivity index (χ3n) is 6.22. The van der Waals surface area contributed by atoms with Crippen molar-refractivity contribution in [2.24, 2.45) is 5.92 Å². The van der Waals surface area contributed by atoms with Gasteiger partial charge in [-0.2, -0.15) is 4.98 Å². The first-order valence-corrected chi connectivity index (χ1v) is 11.5. The number of aryl methyl sites for hydroxylation is 1. The molecule has 9 nitrogen and oxygen atoms in total. The van der Waals surface area contributed by atoms with Gasteiger partial charge < -0.3 is 24.2 Å². The van der Waals surface area contributed by atoms with Gasteiger partial charge in [0.15, 0.2) is 11.5 Å². The fourth-order valence-corrected chi connectivity index (χ4v) is 4.19. The van der Waals surface area contributed by atoms with E-state index in [0.29, 0.717) is 61.9 Å². The van der Waals surface area contributed by atoms with E-state index in [-0.39, 0.29) is 24.5 Å². The van der Waals surface area contributed by atoms with Crippen molar-refractivity contribution in [3.8, 4) is 22.9 Å². The van der Waals surface area contributed by atoms with Gasteiger partial charge in [-0.15, -0.1) is 0 Å². The Labute approximate surface area is 197 Å². The van der Waals surface area contributed by atoms with Crippen molar-refractivity contribution in [1.82, 2.24) is 20.4 Å². The average molecular weight is 463 g/mol. The number of likely N-dealkylation sites (tertiary alicyclic amines) is 1. The second-order valence-electron chi connectivity index (χ2n) is 8.41. The van der Waals surface area contributed by atoms with Gasteiger partial charge >= 0.3 is 0 Å². The lowest BCUT2D eigenvalue weighted by atomic mass is 9.95. The number of nitrogens with zero attached hydrogens (tertiary/aromatic N) is 3. The van der Waals surface area contributed by atoms with Crippen LogP contribution in [0, 0.1) is 5.92 Å². The highest BCUT2D eigenvalue weighted by molar-refractivity contribution is 5.94. The van der Waals surface area contributed by atoms with E-state index in [1.165, 1.54) is 0 Å². The van der Waals surface area contributed by atoms with Gasteiger partial charge in [0, 0.05) is 43.1 Å². The molecular formula is C25H26N4O5. The van der Waals surface area contributed by atoms with Gasteiger partial charge in [-0.1, -0.05) is 30.3 Å². The van der Waals surface area contributed by atoms with E-state index in [1.54, 1.807) is 17.0 Å². The zero-order chi connectivity index (χ0) is 23.5. The minimum atomic E-state index is -0.105. The molecule has 0 radical (unpaired) electrons. The Kier molecular flexibility index (Phi) is 6.16. The van der Waals surface area contributed by atoms with Gasteiger partial charge in [0.2, 0.25) is 24.4 Å². The quantitative estimate of drug-likeness (QED) is 0.599. The standard InChI is InChI=1S/C25H26N4O5/c1-2-22-27-23(28-34-22)17-4-6-19(7-5-17)25(31)29-11-9-18(10-12-29)24(30)26-14-16-3-8-20-21(13-16)33-15-32-20/h3-8,13,18H,2,9-12,14-15H2,1H3,(H,26,30). The third-order valence-corrected chi connectivity index (χ3v) is 6.22. The van der Waals surface area contributed by atoms with Crippen LogP contribution in [0.3, 0.4) is 0 Å². The number of benzene rings is 2. The largest absolute Gasteiger partial charge is 0.454 e. The fraction of sp³-hybridized carbons (Fsp3) is 0.360. The minimum Gasteiger partial charge on any atom is -0.454 e. The minimum absolute atomic E-state index is 0.0145. The molecule has 1 saturated heterocycles. The summed E-state index contributed by atoms with van der Waals surface area (Å²) in [5.74, 6) is 2.40. The van der Waals surface area contributed by atoms with Gasteiger partial charge in [-0.25, -0.2) is 0 Å². The van der Waals surface area contributed by atoms with Crippen LogP contribution < -0.4 is 14.8 Å². The van der Waals surface area contributed by atoms with E-state index >= 15 is 0 Å². The third kappa shape index (κ3) is 4.59. The van der Waals surface area contributed by atoms with Gasteiger partial charge in [-0.3, -0.25) is 9.59 Å². The summed E-state index contributed by atoms with van der Waals surface area (Å²) in [6.07, 6.45) is 1.95. The molecule has 2 aliphatic heterocycles. The van der Waals surface area contributed by atoms with E-state index in [9.17, 15) is 9.59 Å². The molecule has 2 aliphatic rings. The van der Waals surface area contributed by atoms with Crippen molar-refractivity contribution < 1.29 is 23.6 Å². The number of ether oxygens (including phenoxy) is 2. The smallest absolute Gasteiger partial charge is 0.253 e. The summed E-state index contributed by atoms with van der Waals surface area (Å²) in [4.78, 5) is 31.7. The molecule has 2 amide bonds. The number of hydrogen-bond donors (Lipinski definition) is 1. The number of fused-ring (bicyclic) bond motifs is 1. The maximum absolute atomic E-state index is 12.9. The Bertz CT molecular complexity index is 1180. The van der Waals surface area contributed by atoms with Crippen molar-refractivity contribution in [3.63, 3.8) is 0 Å². The van der Waals surface area contributed by atoms with Crippen LogP contribution >= 0.6 is 0 Å². The van der Waals surface area contributed by atoms with E-state index in [0.717, 1.165) is 16.9 Å². The Hall–Kier alpha value is -3.88. The Balaban J connectivity index is 1.12. The first-order chi connectivity index (χ1) is 16.6. The lowest BCUT2D eigenvalue weighted by Crippen LogP contribution is -2.42. The van der Waals surface area contributed by atoms with Crippen LogP contribution in [0.4, 0.5) is 0 Å². The van der Waals surface area contributed by atoms with E-state index < -0.39 is 0 Å². The molecule has 3 aromatic rings. The lowest BCUT2D eigenvalue weighted by molar-refractivity contribution is -0.126. The van der Waals surface area contributed by atoms with Crippen LogP contribution in [0.5, 0.6) is 11.5 Å². The molecule has 1 fully saturated rings. The van der Waals surface area contributed by atoms with Crippen molar-refractivity contribution >= 4 is 11.8 Å². The number of carbonyl (C=O) groups excluding carboxylic acids is 2. The molecule has 9 heteroatoms. The molecule has 176 valence electrons. The second kappa shape index (κ2) is 9.54. The number of nitrogens with one attached hydrogen (secondary N) is 1. The van der Waals surface area contributed by atoms with E-state index in [2.05, 4.69) is 15.5 Å². The van der Waals surface area contributed by atoms with Crippen molar-refractivity contribution in [3.05, 3.63) is 59.5 Å². The molecular weight excluding hydrogens is 436 g/mol. The summed E-state index contributed by atoms with van der Waals surface area (Å²) in [5.41, 5.74) is 2.37.